The van der Waals surface area contributed by atoms with Crippen LogP contribution in [0.3, 0.4) is 0 Å². The van der Waals surface area contributed by atoms with Gasteiger partial charge >= 0.3 is 11.9 Å². The SMILES string of the molecule is CC(C)(COCCOc1ccccc1OCCOCC(C)(C)C(=O)O)C(=O)O. The largest absolute Gasteiger partial charge is 0.487 e. The van der Waals surface area contributed by atoms with Crippen LogP contribution in [0.25, 0.3) is 0 Å². The lowest BCUT2D eigenvalue weighted by atomic mass is 9.95. The predicted molar refractivity (Wildman–Crippen MR) is 102 cm³/mol. The van der Waals surface area contributed by atoms with Crippen molar-refractivity contribution in [3.63, 3.8) is 0 Å². The fourth-order valence-corrected chi connectivity index (χ4v) is 1.89. The first-order chi connectivity index (χ1) is 13.1. The Morgan fingerprint density at radius 2 is 1.11 bits per heavy atom. The van der Waals surface area contributed by atoms with Gasteiger partial charge in [0.15, 0.2) is 11.5 Å². The fourth-order valence-electron chi connectivity index (χ4n) is 1.89. The van der Waals surface area contributed by atoms with Gasteiger partial charge in [-0.05, 0) is 39.8 Å². The topological polar surface area (TPSA) is 112 Å². The minimum atomic E-state index is -0.948. The number of rotatable bonds is 14. The third-order valence-electron chi connectivity index (χ3n) is 3.90. The standard InChI is InChI=1S/C20H30O8/c1-19(2,17(21)22)13-25-9-11-27-15-7-5-6-8-16(15)28-12-10-26-14-20(3,4)18(23)24/h5-8H,9-14H2,1-4H3,(H,21,22)(H,23,24). The van der Waals surface area contributed by atoms with E-state index < -0.39 is 22.8 Å². The van der Waals surface area contributed by atoms with Gasteiger partial charge in [-0.3, -0.25) is 9.59 Å². The molecular formula is C20H30O8. The van der Waals surface area contributed by atoms with Gasteiger partial charge in [0.2, 0.25) is 0 Å². The number of hydrogen-bond acceptors (Lipinski definition) is 6. The van der Waals surface area contributed by atoms with Gasteiger partial charge < -0.3 is 29.2 Å². The Hall–Kier alpha value is -2.32. The van der Waals surface area contributed by atoms with Crippen molar-refractivity contribution in [2.24, 2.45) is 10.8 Å². The predicted octanol–water partition coefficient (Wildman–Crippen LogP) is 2.70. The maximum absolute atomic E-state index is 11.0. The van der Waals surface area contributed by atoms with Gasteiger partial charge in [-0.15, -0.1) is 0 Å². The molecule has 8 nitrogen and oxygen atoms in total. The van der Waals surface area contributed by atoms with Crippen molar-refractivity contribution < 1.29 is 38.7 Å². The average molecular weight is 398 g/mol. The zero-order chi connectivity index (χ0) is 21.2. The Labute approximate surface area is 165 Å². The zero-order valence-electron chi connectivity index (χ0n) is 16.9. The van der Waals surface area contributed by atoms with Crippen LogP contribution in [0.5, 0.6) is 11.5 Å². The molecule has 1 aromatic carbocycles. The van der Waals surface area contributed by atoms with Gasteiger partial charge in [0.25, 0.3) is 0 Å². The van der Waals surface area contributed by atoms with E-state index in [4.69, 9.17) is 29.2 Å². The summed E-state index contributed by atoms with van der Waals surface area (Å²) in [6, 6.07) is 7.13. The Balaban J connectivity index is 2.34. The second-order valence-corrected chi connectivity index (χ2v) is 7.63. The zero-order valence-corrected chi connectivity index (χ0v) is 16.9. The Morgan fingerprint density at radius 3 is 1.43 bits per heavy atom. The van der Waals surface area contributed by atoms with Crippen LogP contribution in [0.1, 0.15) is 27.7 Å². The summed E-state index contributed by atoms with van der Waals surface area (Å²) >= 11 is 0. The lowest BCUT2D eigenvalue weighted by molar-refractivity contribution is -0.151. The molecule has 0 bridgehead atoms. The molecule has 2 N–H and O–H groups in total. The van der Waals surface area contributed by atoms with E-state index in [2.05, 4.69) is 0 Å². The first kappa shape index (κ1) is 23.7. The minimum Gasteiger partial charge on any atom is -0.487 e. The Morgan fingerprint density at radius 1 is 0.750 bits per heavy atom. The van der Waals surface area contributed by atoms with E-state index >= 15 is 0 Å². The third-order valence-corrected chi connectivity index (χ3v) is 3.90. The van der Waals surface area contributed by atoms with Gasteiger partial charge in [0.05, 0.1) is 37.3 Å². The van der Waals surface area contributed by atoms with Crippen LogP contribution in [0.4, 0.5) is 0 Å². The second-order valence-electron chi connectivity index (χ2n) is 7.63. The lowest BCUT2D eigenvalue weighted by Crippen LogP contribution is -2.30. The van der Waals surface area contributed by atoms with Crippen molar-refractivity contribution >= 4 is 11.9 Å². The van der Waals surface area contributed by atoms with Crippen molar-refractivity contribution in [3.05, 3.63) is 24.3 Å². The number of carboxylic acid groups (broad SMARTS) is 2. The quantitative estimate of drug-likeness (QED) is 0.460. The van der Waals surface area contributed by atoms with Gasteiger partial charge in [-0.25, -0.2) is 0 Å². The summed E-state index contributed by atoms with van der Waals surface area (Å²) in [5.41, 5.74) is -1.90. The molecule has 1 aromatic rings. The molecule has 0 fully saturated rings. The molecule has 0 spiro atoms. The maximum atomic E-state index is 11.0. The van der Waals surface area contributed by atoms with Crippen molar-refractivity contribution in [1.82, 2.24) is 0 Å². The number of ether oxygens (including phenoxy) is 4. The molecule has 0 aliphatic heterocycles. The molecule has 28 heavy (non-hydrogen) atoms. The molecule has 158 valence electrons. The second kappa shape index (κ2) is 10.9. The fraction of sp³-hybridized carbons (Fsp3) is 0.600. The van der Waals surface area contributed by atoms with Crippen LogP contribution in [-0.4, -0.2) is 61.8 Å². The molecular weight excluding hydrogens is 368 g/mol. The number of para-hydroxylation sites is 2. The summed E-state index contributed by atoms with van der Waals surface area (Å²) < 4.78 is 22.0. The Bertz CT molecular complexity index is 584. The van der Waals surface area contributed by atoms with Crippen molar-refractivity contribution in [1.29, 1.82) is 0 Å². The van der Waals surface area contributed by atoms with Crippen molar-refractivity contribution in [3.8, 4) is 11.5 Å². The molecule has 0 radical (unpaired) electrons. The molecule has 0 aromatic heterocycles. The number of carbonyl (C=O) groups is 2. The van der Waals surface area contributed by atoms with Crippen LogP contribution >= 0.6 is 0 Å². The summed E-state index contributed by atoms with van der Waals surface area (Å²) in [7, 11) is 0. The highest BCUT2D eigenvalue weighted by Crippen LogP contribution is 2.26. The molecule has 0 saturated heterocycles. The summed E-state index contributed by atoms with van der Waals surface area (Å²) in [6.07, 6.45) is 0. The van der Waals surface area contributed by atoms with E-state index in [0.29, 0.717) is 11.5 Å². The van der Waals surface area contributed by atoms with Crippen molar-refractivity contribution in [2.75, 3.05) is 39.6 Å². The van der Waals surface area contributed by atoms with E-state index in [-0.39, 0.29) is 39.6 Å². The molecule has 8 heteroatoms. The van der Waals surface area contributed by atoms with Crippen LogP contribution in [-0.2, 0) is 19.1 Å². The molecule has 0 amide bonds. The normalized spacial score (nSPS) is 11.9. The van der Waals surface area contributed by atoms with E-state index in [1.54, 1.807) is 39.8 Å². The summed E-state index contributed by atoms with van der Waals surface area (Å²) in [6.45, 7) is 7.56. The maximum Gasteiger partial charge on any atom is 0.311 e. The molecule has 0 aliphatic rings. The monoisotopic (exact) mass is 398 g/mol. The summed E-state index contributed by atoms with van der Waals surface area (Å²) in [4.78, 5) is 22.0. The third kappa shape index (κ3) is 8.14. The highest BCUT2D eigenvalue weighted by molar-refractivity contribution is 5.74. The first-order valence-corrected chi connectivity index (χ1v) is 9.03. The molecule has 1 rings (SSSR count). The van der Waals surface area contributed by atoms with E-state index in [0.717, 1.165) is 0 Å². The molecule has 0 saturated carbocycles. The van der Waals surface area contributed by atoms with Crippen LogP contribution < -0.4 is 9.47 Å². The molecule has 0 atom stereocenters. The highest BCUT2D eigenvalue weighted by atomic mass is 16.6. The van der Waals surface area contributed by atoms with Crippen LogP contribution in [0.15, 0.2) is 24.3 Å². The van der Waals surface area contributed by atoms with E-state index in [1.165, 1.54) is 0 Å². The summed E-state index contributed by atoms with van der Waals surface area (Å²) in [5, 5.41) is 18.1. The molecule has 0 aliphatic carbocycles. The van der Waals surface area contributed by atoms with Crippen LogP contribution in [0.2, 0.25) is 0 Å². The van der Waals surface area contributed by atoms with E-state index in [1.807, 2.05) is 12.1 Å². The number of benzene rings is 1. The van der Waals surface area contributed by atoms with E-state index in [9.17, 15) is 9.59 Å². The van der Waals surface area contributed by atoms with Crippen LogP contribution in [0, 0.1) is 10.8 Å². The Kier molecular flexibility index (Phi) is 9.21. The highest BCUT2D eigenvalue weighted by Gasteiger charge is 2.28. The van der Waals surface area contributed by atoms with Gasteiger partial charge in [-0.2, -0.15) is 0 Å². The average Bonchev–Trinajstić information content (AvgIpc) is 2.61. The summed E-state index contributed by atoms with van der Waals surface area (Å²) in [5.74, 6) is -0.758. The van der Waals surface area contributed by atoms with Gasteiger partial charge in [0, 0.05) is 0 Å². The number of carboxylic acids is 2. The van der Waals surface area contributed by atoms with Gasteiger partial charge in [0.1, 0.15) is 13.2 Å². The first-order valence-electron chi connectivity index (χ1n) is 9.03. The lowest BCUT2D eigenvalue weighted by Gasteiger charge is -2.19. The molecule has 0 unspecified atom stereocenters. The smallest absolute Gasteiger partial charge is 0.311 e. The number of aliphatic carboxylic acids is 2. The van der Waals surface area contributed by atoms with Gasteiger partial charge in [-0.1, -0.05) is 12.1 Å². The molecule has 0 heterocycles. The van der Waals surface area contributed by atoms with Crippen molar-refractivity contribution in [2.45, 2.75) is 27.7 Å². The minimum absolute atomic E-state index is 0.0911. The number of hydrogen-bond donors (Lipinski definition) is 2.